The Kier molecular flexibility index (Phi) is 1.93. The van der Waals surface area contributed by atoms with Gasteiger partial charge in [0.1, 0.15) is 0 Å². The van der Waals surface area contributed by atoms with E-state index < -0.39 is 0 Å². The first-order valence-electron chi connectivity index (χ1n) is 2.69. The Morgan fingerprint density at radius 1 is 1.75 bits per heavy atom. The second-order valence-corrected chi connectivity index (χ2v) is 2.44. The molecule has 2 atom stereocenters. The van der Waals surface area contributed by atoms with Crippen LogP contribution in [-0.4, -0.2) is 12.6 Å². The molecule has 1 fully saturated rings. The van der Waals surface area contributed by atoms with Crippen LogP contribution in [0.4, 0.5) is 0 Å². The highest BCUT2D eigenvalue weighted by molar-refractivity contribution is 9.12. The van der Waals surface area contributed by atoms with Gasteiger partial charge in [-0.25, -0.2) is 0 Å². The van der Waals surface area contributed by atoms with Crippen molar-refractivity contribution in [3.8, 4) is 10.8 Å². The van der Waals surface area contributed by atoms with Crippen LogP contribution in [0.25, 0.3) is 0 Å². The Balaban J connectivity index is 2.34. The van der Waals surface area contributed by atoms with Crippen molar-refractivity contribution in [3.63, 3.8) is 0 Å². The van der Waals surface area contributed by atoms with Gasteiger partial charge in [-0.15, -0.1) is 0 Å². The highest BCUT2D eigenvalue weighted by Crippen LogP contribution is 2.10. The summed E-state index contributed by atoms with van der Waals surface area (Å²) in [5.74, 6) is 3.61. The fourth-order valence-electron chi connectivity index (χ4n) is 0.718. The maximum atomic E-state index is 3.22. The van der Waals surface area contributed by atoms with E-state index in [1.54, 1.807) is 0 Å². The van der Waals surface area contributed by atoms with Crippen LogP contribution in [0.3, 0.4) is 0 Å². The van der Waals surface area contributed by atoms with E-state index in [1.165, 1.54) is 0 Å². The van der Waals surface area contributed by atoms with Crippen LogP contribution in [0.2, 0.25) is 0 Å². The van der Waals surface area contributed by atoms with Gasteiger partial charge in [-0.05, 0) is 11.8 Å². The van der Waals surface area contributed by atoms with Crippen LogP contribution in [0.1, 0.15) is 6.92 Å². The Labute approximate surface area is 58.0 Å². The maximum absolute atomic E-state index is 3.22. The summed E-state index contributed by atoms with van der Waals surface area (Å²) in [6.45, 7) is 3.20. The Morgan fingerprint density at radius 3 is 2.62 bits per heavy atom. The molecule has 0 amide bonds. The van der Waals surface area contributed by atoms with E-state index in [0.717, 1.165) is 6.54 Å². The number of nitrogens with one attached hydrogen (secondary N) is 1. The van der Waals surface area contributed by atoms with Crippen LogP contribution in [0.5, 0.6) is 0 Å². The van der Waals surface area contributed by atoms with Crippen molar-refractivity contribution in [2.75, 3.05) is 6.54 Å². The van der Waals surface area contributed by atoms with E-state index in [0.29, 0.717) is 12.0 Å². The van der Waals surface area contributed by atoms with Crippen LogP contribution >= 0.6 is 15.9 Å². The van der Waals surface area contributed by atoms with E-state index >= 15 is 0 Å². The SMILES string of the molecule is C[C@@H]1NC[C@H]1C#CBr. The Hall–Kier alpha value is 0. The Morgan fingerprint density at radius 2 is 2.50 bits per heavy atom. The summed E-state index contributed by atoms with van der Waals surface area (Å²) in [5.41, 5.74) is 0. The molecule has 1 aliphatic heterocycles. The third-order valence-corrected chi connectivity index (χ3v) is 1.73. The monoisotopic (exact) mass is 173 g/mol. The first kappa shape index (κ1) is 6.12. The first-order chi connectivity index (χ1) is 3.84. The zero-order chi connectivity index (χ0) is 5.98. The minimum absolute atomic E-state index is 0.578. The molecule has 0 saturated carbocycles. The van der Waals surface area contributed by atoms with Crippen molar-refractivity contribution < 1.29 is 0 Å². The molecule has 0 aromatic heterocycles. The van der Waals surface area contributed by atoms with Crippen LogP contribution in [-0.2, 0) is 0 Å². The normalized spacial score (nSPS) is 34.8. The molecule has 1 heterocycles. The zero-order valence-corrected chi connectivity index (χ0v) is 6.33. The third-order valence-electron chi connectivity index (χ3n) is 1.50. The number of hydrogen-bond donors (Lipinski definition) is 1. The molecule has 0 radical (unpaired) electrons. The number of halogens is 1. The second-order valence-electron chi connectivity index (χ2n) is 2.04. The molecule has 1 nitrogen and oxygen atoms in total. The van der Waals surface area contributed by atoms with Gasteiger partial charge in [0, 0.05) is 34.4 Å². The molecule has 0 aliphatic carbocycles. The van der Waals surface area contributed by atoms with E-state index in [4.69, 9.17) is 0 Å². The van der Waals surface area contributed by atoms with Crippen molar-refractivity contribution >= 4 is 15.9 Å². The van der Waals surface area contributed by atoms with Gasteiger partial charge in [0.05, 0.1) is 0 Å². The van der Waals surface area contributed by atoms with Gasteiger partial charge in [-0.3, -0.25) is 0 Å². The van der Waals surface area contributed by atoms with Crippen LogP contribution < -0.4 is 5.32 Å². The molecule has 1 rings (SSSR count). The zero-order valence-electron chi connectivity index (χ0n) is 4.74. The first-order valence-corrected chi connectivity index (χ1v) is 3.48. The van der Waals surface area contributed by atoms with Gasteiger partial charge in [-0.1, -0.05) is 5.92 Å². The Bertz CT molecular complexity index is 133. The van der Waals surface area contributed by atoms with Crippen molar-refractivity contribution in [1.82, 2.24) is 5.32 Å². The highest BCUT2D eigenvalue weighted by Gasteiger charge is 2.23. The molecule has 0 aromatic rings. The second kappa shape index (κ2) is 2.52. The van der Waals surface area contributed by atoms with Crippen LogP contribution in [0, 0.1) is 16.7 Å². The quantitative estimate of drug-likeness (QED) is 0.539. The van der Waals surface area contributed by atoms with Gasteiger partial charge in [0.25, 0.3) is 0 Å². The molecule has 0 bridgehead atoms. The summed E-state index contributed by atoms with van der Waals surface area (Å²) in [6, 6.07) is 0.597. The summed E-state index contributed by atoms with van der Waals surface area (Å²) in [6.07, 6.45) is 0. The smallest absolute Gasteiger partial charge is 0.0487 e. The predicted molar refractivity (Wildman–Crippen MR) is 37.7 cm³/mol. The van der Waals surface area contributed by atoms with E-state index in [-0.39, 0.29) is 0 Å². The average molecular weight is 174 g/mol. The molecule has 0 spiro atoms. The minimum atomic E-state index is 0.578. The summed E-state index contributed by atoms with van der Waals surface area (Å²) in [4.78, 5) is 2.72. The molecule has 2 heteroatoms. The lowest BCUT2D eigenvalue weighted by atomic mass is 9.95. The highest BCUT2D eigenvalue weighted by atomic mass is 79.9. The lowest BCUT2D eigenvalue weighted by Gasteiger charge is -2.30. The summed E-state index contributed by atoms with van der Waals surface area (Å²) in [5, 5.41) is 3.22. The fourth-order valence-corrected chi connectivity index (χ4v) is 1.01. The average Bonchev–Trinajstić information content (AvgIpc) is 1.79. The molecular formula is C6H8BrN. The van der Waals surface area contributed by atoms with Gasteiger partial charge in [-0.2, -0.15) is 0 Å². The lowest BCUT2D eigenvalue weighted by Crippen LogP contribution is -2.50. The molecule has 0 aromatic carbocycles. The van der Waals surface area contributed by atoms with Gasteiger partial charge >= 0.3 is 0 Å². The van der Waals surface area contributed by atoms with Gasteiger partial charge in [0.2, 0.25) is 0 Å². The van der Waals surface area contributed by atoms with Crippen LogP contribution in [0.15, 0.2) is 0 Å². The van der Waals surface area contributed by atoms with E-state index in [1.807, 2.05) is 0 Å². The lowest BCUT2D eigenvalue weighted by molar-refractivity contribution is 0.318. The van der Waals surface area contributed by atoms with Crippen molar-refractivity contribution in [3.05, 3.63) is 0 Å². The largest absolute Gasteiger partial charge is 0.312 e. The standard InChI is InChI=1S/C6H8BrN/c1-5-6(2-3-7)4-8-5/h5-6,8H,4H2,1H3/t5-,6+/m0/s1. The summed E-state index contributed by atoms with van der Waals surface area (Å²) < 4.78 is 0. The topological polar surface area (TPSA) is 12.0 Å². The number of rotatable bonds is 0. The van der Waals surface area contributed by atoms with Gasteiger partial charge in [0.15, 0.2) is 0 Å². The van der Waals surface area contributed by atoms with E-state index in [9.17, 15) is 0 Å². The van der Waals surface area contributed by atoms with Gasteiger partial charge < -0.3 is 5.32 Å². The molecule has 1 N–H and O–H groups in total. The minimum Gasteiger partial charge on any atom is -0.312 e. The number of hydrogen-bond acceptors (Lipinski definition) is 1. The molecule has 8 heavy (non-hydrogen) atoms. The predicted octanol–water partition coefficient (Wildman–Crippen LogP) is 0.950. The fraction of sp³-hybridized carbons (Fsp3) is 0.667. The van der Waals surface area contributed by atoms with Crippen molar-refractivity contribution in [2.24, 2.45) is 5.92 Å². The van der Waals surface area contributed by atoms with Crippen molar-refractivity contribution in [2.45, 2.75) is 13.0 Å². The van der Waals surface area contributed by atoms with Crippen molar-refractivity contribution in [1.29, 1.82) is 0 Å². The maximum Gasteiger partial charge on any atom is 0.0487 e. The molecule has 1 saturated heterocycles. The van der Waals surface area contributed by atoms with E-state index in [2.05, 4.69) is 38.9 Å². The molecule has 0 unspecified atom stereocenters. The molecule has 1 aliphatic rings. The molecule has 44 valence electrons. The summed E-state index contributed by atoms with van der Waals surface area (Å²) >= 11 is 3.06. The molecular weight excluding hydrogens is 166 g/mol. The summed E-state index contributed by atoms with van der Waals surface area (Å²) in [7, 11) is 0. The third kappa shape index (κ3) is 1.04.